The lowest BCUT2D eigenvalue weighted by Crippen LogP contribution is -2.45. The van der Waals surface area contributed by atoms with Gasteiger partial charge in [-0.15, -0.1) is 11.8 Å². The van der Waals surface area contributed by atoms with Gasteiger partial charge in [-0.05, 0) is 31.4 Å². The van der Waals surface area contributed by atoms with Gasteiger partial charge in [-0.2, -0.15) is 0 Å². The quantitative estimate of drug-likeness (QED) is 0.658. The van der Waals surface area contributed by atoms with E-state index in [2.05, 4.69) is 15.3 Å². The minimum Gasteiger partial charge on any atom is -0.465 e. The number of rotatable bonds is 5. The molecular weight excluding hydrogens is 414 g/mol. The molecule has 0 spiro atoms. The molecule has 1 aliphatic heterocycles. The van der Waals surface area contributed by atoms with Crippen LogP contribution in [0.1, 0.15) is 37.9 Å². The Morgan fingerprint density at radius 3 is 2.80 bits per heavy atom. The molecule has 0 unspecified atom stereocenters. The van der Waals surface area contributed by atoms with Crippen LogP contribution in [0.15, 0.2) is 16.9 Å². The van der Waals surface area contributed by atoms with Gasteiger partial charge < -0.3 is 20.3 Å². The molecule has 1 aromatic carbocycles. The molecule has 3 N–H and O–H groups in total. The highest BCUT2D eigenvalue weighted by molar-refractivity contribution is 7.99. The summed E-state index contributed by atoms with van der Waals surface area (Å²) in [6, 6.07) is 3.32. The Morgan fingerprint density at radius 1 is 1.33 bits per heavy atom. The molecule has 2 fully saturated rings. The first kappa shape index (κ1) is 20.9. The van der Waals surface area contributed by atoms with Crippen molar-refractivity contribution in [1.29, 1.82) is 0 Å². The third-order valence-electron chi connectivity index (χ3n) is 5.72. The van der Waals surface area contributed by atoms with Gasteiger partial charge in [0.15, 0.2) is 0 Å². The Labute approximate surface area is 176 Å². The molecule has 1 amide bonds. The molecule has 2 aliphatic rings. The van der Waals surface area contributed by atoms with Gasteiger partial charge in [-0.25, -0.2) is 18.6 Å². The molecular formula is C20H24F2N4O3S. The van der Waals surface area contributed by atoms with Crippen LogP contribution >= 0.6 is 11.8 Å². The fourth-order valence-corrected chi connectivity index (χ4v) is 5.24. The lowest BCUT2D eigenvalue weighted by Gasteiger charge is -2.32. The van der Waals surface area contributed by atoms with Gasteiger partial charge >= 0.3 is 6.09 Å². The lowest BCUT2D eigenvalue weighted by atomic mass is 10.1. The monoisotopic (exact) mass is 438 g/mol. The topological polar surface area (TPSA) is 98.3 Å². The molecule has 1 aromatic heterocycles. The van der Waals surface area contributed by atoms with Gasteiger partial charge in [0, 0.05) is 23.5 Å². The third kappa shape index (κ3) is 4.53. The van der Waals surface area contributed by atoms with Crippen molar-refractivity contribution in [2.45, 2.75) is 55.3 Å². The average Bonchev–Trinajstić information content (AvgIpc) is 3.19. The van der Waals surface area contributed by atoms with Gasteiger partial charge in [-0.1, -0.05) is 12.8 Å². The molecule has 2 heterocycles. The summed E-state index contributed by atoms with van der Waals surface area (Å²) < 4.78 is 28.9. The maximum absolute atomic E-state index is 14.5. The predicted molar refractivity (Wildman–Crippen MR) is 112 cm³/mol. The molecule has 162 valence electrons. The normalized spacial score (nSPS) is 22.5. The molecule has 1 saturated heterocycles. The summed E-state index contributed by atoms with van der Waals surface area (Å²) in [5.41, 5.74) is 0.318. The molecule has 2 aromatic rings. The number of halogens is 2. The van der Waals surface area contributed by atoms with Crippen LogP contribution in [0.4, 0.5) is 19.3 Å². The van der Waals surface area contributed by atoms with Crippen molar-refractivity contribution >= 4 is 34.4 Å². The van der Waals surface area contributed by atoms with E-state index in [0.717, 1.165) is 30.6 Å². The summed E-state index contributed by atoms with van der Waals surface area (Å²) in [6.45, 7) is 0.118. The zero-order chi connectivity index (χ0) is 21.3. The largest absolute Gasteiger partial charge is 0.465 e. The van der Waals surface area contributed by atoms with E-state index in [1.165, 1.54) is 17.8 Å². The van der Waals surface area contributed by atoms with Gasteiger partial charge in [0.05, 0.1) is 17.8 Å². The third-order valence-corrected chi connectivity index (χ3v) is 7.12. The van der Waals surface area contributed by atoms with Crippen molar-refractivity contribution in [3.8, 4) is 0 Å². The summed E-state index contributed by atoms with van der Waals surface area (Å²) in [4.78, 5) is 31.4. The van der Waals surface area contributed by atoms with E-state index in [9.17, 15) is 18.4 Å². The number of H-pyrrole nitrogens is 1. The van der Waals surface area contributed by atoms with Crippen LogP contribution in [0.3, 0.4) is 0 Å². The first-order valence-corrected chi connectivity index (χ1v) is 11.2. The standard InChI is InChI=1S/C20H24F2N4O3S/c21-13-7-12(23-11-3-1-2-4-11)8-15-18(13)19(27)25-17(24-15)10-30-16-5-6-26(20(28)29)9-14(16)22/h7-8,11,14,16,23H,1-6,9-10H2,(H,28,29)(H,24,25,27)/t14-,16-/m1/s1. The molecule has 0 bridgehead atoms. The maximum Gasteiger partial charge on any atom is 0.407 e. The zero-order valence-corrected chi connectivity index (χ0v) is 17.2. The van der Waals surface area contributed by atoms with E-state index < -0.39 is 23.6 Å². The number of thioether (sulfide) groups is 1. The first-order chi connectivity index (χ1) is 14.4. The highest BCUT2D eigenvalue weighted by Gasteiger charge is 2.31. The predicted octanol–water partition coefficient (Wildman–Crippen LogP) is 3.74. The number of benzene rings is 1. The fourth-order valence-electron chi connectivity index (χ4n) is 4.16. The number of nitrogens with one attached hydrogen (secondary N) is 2. The van der Waals surface area contributed by atoms with Crippen molar-refractivity contribution in [3.05, 3.63) is 34.1 Å². The zero-order valence-electron chi connectivity index (χ0n) is 16.4. The number of likely N-dealkylation sites (tertiary alicyclic amines) is 1. The van der Waals surface area contributed by atoms with Crippen molar-refractivity contribution in [3.63, 3.8) is 0 Å². The summed E-state index contributed by atoms with van der Waals surface area (Å²) >= 11 is 1.29. The van der Waals surface area contributed by atoms with Crippen LogP contribution in [-0.4, -0.2) is 56.6 Å². The number of aromatic amines is 1. The van der Waals surface area contributed by atoms with Crippen LogP contribution in [-0.2, 0) is 5.75 Å². The van der Waals surface area contributed by atoms with E-state index in [0.29, 0.717) is 24.0 Å². The number of hydrogen-bond acceptors (Lipinski definition) is 5. The summed E-state index contributed by atoms with van der Waals surface area (Å²) in [6.07, 6.45) is 2.35. The Bertz CT molecular complexity index is 996. The van der Waals surface area contributed by atoms with Crippen molar-refractivity contribution in [2.24, 2.45) is 0 Å². The van der Waals surface area contributed by atoms with E-state index in [4.69, 9.17) is 5.11 Å². The average molecular weight is 439 g/mol. The Kier molecular flexibility index (Phi) is 6.12. The number of hydrogen-bond donors (Lipinski definition) is 3. The first-order valence-electron chi connectivity index (χ1n) is 10.1. The van der Waals surface area contributed by atoms with Crippen LogP contribution in [0.25, 0.3) is 10.9 Å². The molecule has 4 rings (SSSR count). The SMILES string of the molecule is O=C(O)N1CC[C@@H](SCc2nc3cc(NC4CCCC4)cc(F)c3c(=O)[nH]2)[C@H](F)C1. The van der Waals surface area contributed by atoms with Gasteiger partial charge in [0.25, 0.3) is 5.56 Å². The number of carbonyl (C=O) groups is 1. The van der Waals surface area contributed by atoms with Crippen LogP contribution in [0, 0.1) is 5.82 Å². The highest BCUT2D eigenvalue weighted by Crippen LogP contribution is 2.29. The number of alkyl halides is 1. The van der Waals surface area contributed by atoms with Gasteiger partial charge in [0.1, 0.15) is 23.2 Å². The summed E-state index contributed by atoms with van der Waals surface area (Å²) in [5, 5.41) is 11.8. The smallest absolute Gasteiger partial charge is 0.407 e. The van der Waals surface area contributed by atoms with Crippen LogP contribution < -0.4 is 10.9 Å². The second kappa shape index (κ2) is 8.79. The Balaban J connectivity index is 1.49. The molecule has 1 aliphatic carbocycles. The number of carboxylic acid groups (broad SMARTS) is 1. The lowest BCUT2D eigenvalue weighted by molar-refractivity contribution is 0.110. The number of fused-ring (bicyclic) bond motifs is 1. The van der Waals surface area contributed by atoms with Crippen molar-refractivity contribution in [2.75, 3.05) is 18.4 Å². The van der Waals surface area contributed by atoms with Gasteiger partial charge in [0.2, 0.25) is 0 Å². The molecule has 0 radical (unpaired) electrons. The Hall–Kier alpha value is -2.36. The number of piperidine rings is 1. The minimum atomic E-state index is -1.29. The van der Waals surface area contributed by atoms with E-state index in [1.807, 2.05) is 0 Å². The van der Waals surface area contributed by atoms with E-state index in [1.54, 1.807) is 6.07 Å². The molecule has 2 atom stereocenters. The van der Waals surface area contributed by atoms with Crippen molar-refractivity contribution < 1.29 is 18.7 Å². The fraction of sp³-hybridized carbons (Fsp3) is 0.550. The van der Waals surface area contributed by atoms with E-state index >= 15 is 0 Å². The van der Waals surface area contributed by atoms with Crippen molar-refractivity contribution in [1.82, 2.24) is 14.9 Å². The number of anilines is 1. The van der Waals surface area contributed by atoms with Crippen LogP contribution in [0.2, 0.25) is 0 Å². The van der Waals surface area contributed by atoms with Crippen LogP contribution in [0.5, 0.6) is 0 Å². The van der Waals surface area contributed by atoms with Gasteiger partial charge in [-0.3, -0.25) is 4.79 Å². The molecule has 30 heavy (non-hydrogen) atoms. The molecule has 1 saturated carbocycles. The van der Waals surface area contributed by atoms with E-state index in [-0.39, 0.29) is 35.0 Å². The highest BCUT2D eigenvalue weighted by atomic mass is 32.2. The Morgan fingerprint density at radius 2 is 2.10 bits per heavy atom. The number of amides is 1. The summed E-state index contributed by atoms with van der Waals surface area (Å²) in [5.74, 6) is -0.0146. The molecule has 10 heteroatoms. The molecule has 7 nitrogen and oxygen atoms in total. The number of nitrogens with zero attached hydrogens (tertiary/aromatic N) is 2. The summed E-state index contributed by atoms with van der Waals surface area (Å²) in [7, 11) is 0. The maximum atomic E-state index is 14.5. The minimum absolute atomic E-state index is 0.0844. The number of aromatic nitrogens is 2. The second-order valence-corrected chi connectivity index (χ2v) is 9.10. The second-order valence-electron chi connectivity index (χ2n) is 7.87.